The second-order valence-electron chi connectivity index (χ2n) is 5.66. The highest BCUT2D eigenvalue weighted by molar-refractivity contribution is 5.68. The molecule has 2 rings (SSSR count). The van der Waals surface area contributed by atoms with Gasteiger partial charge in [-0.2, -0.15) is 0 Å². The summed E-state index contributed by atoms with van der Waals surface area (Å²) in [4.78, 5) is 17.1. The third-order valence-corrected chi connectivity index (χ3v) is 2.69. The molecular weight excluding hydrogens is 258 g/mol. The Bertz CT molecular complexity index is 504. The summed E-state index contributed by atoms with van der Waals surface area (Å²) < 4.78 is 5.26. The molecule has 1 N–H and O–H groups in total. The summed E-state index contributed by atoms with van der Waals surface area (Å²) in [7, 11) is 0. The minimum atomic E-state index is -0.615. The fraction of sp³-hybridized carbons (Fsp3) is 0.400. The molecule has 0 saturated carbocycles. The number of aliphatic hydroxyl groups excluding tert-OH is 1. The average Bonchev–Trinajstić information content (AvgIpc) is 2.69. The van der Waals surface area contributed by atoms with Gasteiger partial charge in [-0.05, 0) is 26.3 Å². The summed E-state index contributed by atoms with van der Waals surface area (Å²) in [6.07, 6.45) is 1.43. The van der Waals surface area contributed by atoms with Gasteiger partial charge < -0.3 is 14.7 Å². The summed E-state index contributed by atoms with van der Waals surface area (Å²) in [5.74, 6) is -0.281. The third-order valence-electron chi connectivity index (χ3n) is 2.69. The summed E-state index contributed by atoms with van der Waals surface area (Å²) >= 11 is 0. The fourth-order valence-electron chi connectivity index (χ4n) is 1.91. The predicted molar refractivity (Wildman–Crippen MR) is 73.8 cm³/mol. The quantitative estimate of drug-likeness (QED) is 0.902. The maximum absolute atomic E-state index is 12.0. The van der Waals surface area contributed by atoms with Gasteiger partial charge in [0, 0.05) is 12.5 Å². The van der Waals surface area contributed by atoms with E-state index in [0.29, 0.717) is 6.42 Å². The number of ether oxygens (including phenoxy) is 1. The molecule has 1 aliphatic rings. The van der Waals surface area contributed by atoms with E-state index in [1.807, 2.05) is 30.3 Å². The van der Waals surface area contributed by atoms with Crippen LogP contribution in [0.25, 0.3) is 0 Å². The first-order valence-corrected chi connectivity index (χ1v) is 6.50. The number of hydrogen-bond acceptors (Lipinski definition) is 4. The molecule has 0 spiro atoms. The van der Waals surface area contributed by atoms with Crippen LogP contribution in [0.3, 0.4) is 0 Å². The van der Waals surface area contributed by atoms with Crippen LogP contribution >= 0.6 is 0 Å². The zero-order chi connectivity index (χ0) is 14.8. The van der Waals surface area contributed by atoms with E-state index in [2.05, 4.69) is 0 Å². The lowest BCUT2D eigenvalue weighted by Crippen LogP contribution is -2.40. The number of rotatable bonds is 2. The van der Waals surface area contributed by atoms with Gasteiger partial charge >= 0.3 is 12.0 Å². The third kappa shape index (κ3) is 3.66. The number of amides is 1. The molecule has 1 aromatic carbocycles. The standard InChI is InChI=1S/C15H19NO4/c1-15(2,3)19-14(18)16-12(10-13(17)20-16)9-11-7-5-4-6-8-11/h4-8,10,12,17H,9H2,1-3H3/t12-/m1/s1. The Balaban J connectivity index is 2.08. The van der Waals surface area contributed by atoms with Gasteiger partial charge in [0.15, 0.2) is 0 Å². The van der Waals surface area contributed by atoms with Gasteiger partial charge in [-0.15, -0.1) is 5.06 Å². The topological polar surface area (TPSA) is 59.0 Å². The van der Waals surface area contributed by atoms with Crippen molar-refractivity contribution in [2.75, 3.05) is 0 Å². The SMILES string of the molecule is CC(C)(C)OC(=O)N1OC(O)=C[C@H]1Cc1ccccc1. The zero-order valence-corrected chi connectivity index (χ0v) is 11.9. The Labute approximate surface area is 118 Å². The van der Waals surface area contributed by atoms with E-state index < -0.39 is 11.7 Å². The fourth-order valence-corrected chi connectivity index (χ4v) is 1.91. The lowest BCUT2D eigenvalue weighted by atomic mass is 10.1. The maximum Gasteiger partial charge on any atom is 0.444 e. The van der Waals surface area contributed by atoms with E-state index in [0.717, 1.165) is 10.6 Å². The summed E-state index contributed by atoms with van der Waals surface area (Å²) in [6.45, 7) is 5.33. The minimum absolute atomic E-state index is 0.281. The van der Waals surface area contributed by atoms with Crippen LogP contribution in [0.1, 0.15) is 26.3 Å². The van der Waals surface area contributed by atoms with Crippen molar-refractivity contribution in [3.63, 3.8) is 0 Å². The van der Waals surface area contributed by atoms with Gasteiger partial charge in [0.25, 0.3) is 0 Å². The van der Waals surface area contributed by atoms with Crippen molar-refractivity contribution in [1.82, 2.24) is 5.06 Å². The number of hydroxylamine groups is 2. The molecule has 0 fully saturated rings. The van der Waals surface area contributed by atoms with Crippen molar-refractivity contribution in [3.8, 4) is 0 Å². The van der Waals surface area contributed by atoms with Gasteiger partial charge in [-0.1, -0.05) is 30.3 Å². The van der Waals surface area contributed by atoms with Gasteiger partial charge in [-0.3, -0.25) is 0 Å². The molecule has 20 heavy (non-hydrogen) atoms. The Morgan fingerprint density at radius 1 is 1.35 bits per heavy atom. The number of benzene rings is 1. The molecule has 0 saturated heterocycles. The second-order valence-corrected chi connectivity index (χ2v) is 5.66. The molecule has 0 bridgehead atoms. The summed E-state index contributed by atoms with van der Waals surface area (Å²) in [5.41, 5.74) is 0.427. The normalized spacial score (nSPS) is 18.4. The number of carbonyl (C=O) groups is 1. The van der Waals surface area contributed by atoms with E-state index in [1.165, 1.54) is 6.08 Å². The van der Waals surface area contributed by atoms with Gasteiger partial charge in [0.1, 0.15) is 11.6 Å². The van der Waals surface area contributed by atoms with Crippen LogP contribution in [0.2, 0.25) is 0 Å². The molecule has 1 aromatic rings. The molecule has 1 aliphatic heterocycles. The molecule has 1 atom stereocenters. The Morgan fingerprint density at radius 3 is 2.60 bits per heavy atom. The van der Waals surface area contributed by atoms with Crippen molar-refractivity contribution < 1.29 is 19.5 Å². The van der Waals surface area contributed by atoms with Gasteiger partial charge in [0.05, 0.1) is 0 Å². The Morgan fingerprint density at radius 2 is 2.00 bits per heavy atom. The first-order valence-electron chi connectivity index (χ1n) is 6.50. The maximum atomic E-state index is 12.0. The van der Waals surface area contributed by atoms with E-state index in [1.54, 1.807) is 20.8 Å². The van der Waals surface area contributed by atoms with Crippen LogP contribution in [0.5, 0.6) is 0 Å². The molecule has 1 amide bonds. The van der Waals surface area contributed by atoms with Crippen LogP contribution in [0, 0.1) is 0 Å². The lowest BCUT2D eigenvalue weighted by molar-refractivity contribution is -0.138. The Hall–Kier alpha value is -2.17. The molecule has 0 aliphatic carbocycles. The van der Waals surface area contributed by atoms with Gasteiger partial charge in [0.2, 0.25) is 0 Å². The van der Waals surface area contributed by atoms with Gasteiger partial charge in [-0.25, -0.2) is 4.79 Å². The highest BCUT2D eigenvalue weighted by Gasteiger charge is 2.35. The largest absolute Gasteiger partial charge is 0.480 e. The molecule has 1 heterocycles. The number of carbonyl (C=O) groups excluding carboxylic acids is 1. The molecule has 5 heteroatoms. The lowest BCUT2D eigenvalue weighted by Gasteiger charge is -2.26. The van der Waals surface area contributed by atoms with Crippen molar-refractivity contribution in [1.29, 1.82) is 0 Å². The van der Waals surface area contributed by atoms with Crippen LogP contribution < -0.4 is 0 Å². The highest BCUT2D eigenvalue weighted by atomic mass is 16.8. The zero-order valence-electron chi connectivity index (χ0n) is 11.9. The van der Waals surface area contributed by atoms with E-state index in [-0.39, 0.29) is 12.0 Å². The molecule has 0 radical (unpaired) electrons. The van der Waals surface area contributed by atoms with Crippen LogP contribution in [-0.4, -0.2) is 27.9 Å². The predicted octanol–water partition coefficient (Wildman–Crippen LogP) is 3.18. The monoisotopic (exact) mass is 277 g/mol. The first kappa shape index (κ1) is 14.2. The smallest absolute Gasteiger partial charge is 0.444 e. The van der Waals surface area contributed by atoms with Crippen LogP contribution in [-0.2, 0) is 16.0 Å². The van der Waals surface area contributed by atoms with Crippen molar-refractivity contribution in [3.05, 3.63) is 47.9 Å². The first-order chi connectivity index (χ1) is 9.35. The number of nitrogens with zero attached hydrogens (tertiary/aromatic N) is 1. The number of hydrogen-bond donors (Lipinski definition) is 1. The average molecular weight is 277 g/mol. The van der Waals surface area contributed by atoms with E-state index in [4.69, 9.17) is 9.57 Å². The minimum Gasteiger partial charge on any atom is -0.480 e. The summed E-state index contributed by atoms with van der Waals surface area (Å²) in [6, 6.07) is 9.30. The van der Waals surface area contributed by atoms with E-state index in [9.17, 15) is 9.90 Å². The van der Waals surface area contributed by atoms with Crippen molar-refractivity contribution in [2.24, 2.45) is 0 Å². The van der Waals surface area contributed by atoms with E-state index >= 15 is 0 Å². The Kier molecular flexibility index (Phi) is 3.88. The molecular formula is C15H19NO4. The number of aliphatic hydroxyl groups is 1. The second kappa shape index (κ2) is 5.45. The van der Waals surface area contributed by atoms with Crippen LogP contribution in [0.4, 0.5) is 4.79 Å². The molecule has 0 aromatic heterocycles. The molecule has 5 nitrogen and oxygen atoms in total. The molecule has 108 valence electrons. The van der Waals surface area contributed by atoms with Crippen LogP contribution in [0.15, 0.2) is 42.4 Å². The summed E-state index contributed by atoms with van der Waals surface area (Å²) in [5, 5.41) is 10.5. The molecule has 0 unspecified atom stereocenters. The van der Waals surface area contributed by atoms with Crippen molar-refractivity contribution >= 4 is 6.09 Å². The highest BCUT2D eigenvalue weighted by Crippen LogP contribution is 2.23. The van der Waals surface area contributed by atoms with Crippen molar-refractivity contribution in [2.45, 2.75) is 38.8 Å².